The molecule has 0 unspecified atom stereocenters. The maximum atomic E-state index is 10.9. The molecule has 112 valence electrons. The van der Waals surface area contributed by atoms with Crippen LogP contribution < -0.4 is 0 Å². The molecular formula is C12H15ClN6O2. The van der Waals surface area contributed by atoms with Crippen LogP contribution in [0.2, 0.25) is 5.02 Å². The maximum absolute atomic E-state index is 10.9. The van der Waals surface area contributed by atoms with E-state index in [1.165, 1.54) is 11.1 Å². The number of hydrogen-bond acceptors (Lipinski definition) is 5. The first-order valence-electron chi connectivity index (χ1n) is 6.86. The van der Waals surface area contributed by atoms with Crippen LogP contribution in [0.15, 0.2) is 0 Å². The van der Waals surface area contributed by atoms with E-state index in [0.29, 0.717) is 12.2 Å². The van der Waals surface area contributed by atoms with Gasteiger partial charge in [-0.3, -0.25) is 0 Å². The summed E-state index contributed by atoms with van der Waals surface area (Å²) in [6.45, 7) is 2.93. The van der Waals surface area contributed by atoms with Crippen molar-refractivity contribution in [1.29, 1.82) is 0 Å². The van der Waals surface area contributed by atoms with E-state index in [4.69, 9.17) is 11.6 Å². The zero-order valence-corrected chi connectivity index (χ0v) is 12.4. The van der Waals surface area contributed by atoms with Crippen LogP contribution in [0.5, 0.6) is 0 Å². The van der Waals surface area contributed by atoms with Gasteiger partial charge in [-0.15, -0.1) is 10.2 Å². The van der Waals surface area contributed by atoms with Crippen LogP contribution in [-0.2, 0) is 19.5 Å². The molecule has 2 aromatic heterocycles. The van der Waals surface area contributed by atoms with Gasteiger partial charge >= 0.3 is 5.82 Å². The molecule has 0 aliphatic carbocycles. The van der Waals surface area contributed by atoms with Gasteiger partial charge in [0.15, 0.2) is 10.8 Å². The van der Waals surface area contributed by atoms with E-state index >= 15 is 0 Å². The molecular weight excluding hydrogens is 296 g/mol. The molecule has 1 aliphatic heterocycles. The van der Waals surface area contributed by atoms with Crippen molar-refractivity contribution >= 4 is 17.4 Å². The standard InChI is InChI=1S/C12H15ClN6O2/c1-8-11(13)12(19(20)21)16-18(8)7-10-15-14-9-5-3-2-4-6-17(9)10/h2-7H2,1H3. The van der Waals surface area contributed by atoms with Gasteiger partial charge in [0.2, 0.25) is 0 Å². The zero-order valence-electron chi connectivity index (χ0n) is 11.6. The summed E-state index contributed by atoms with van der Waals surface area (Å²) in [4.78, 5) is 10.3. The molecule has 3 rings (SSSR count). The lowest BCUT2D eigenvalue weighted by Crippen LogP contribution is -2.12. The second-order valence-electron chi connectivity index (χ2n) is 5.13. The molecule has 0 atom stereocenters. The fraction of sp³-hybridized carbons (Fsp3) is 0.583. The summed E-state index contributed by atoms with van der Waals surface area (Å²) < 4.78 is 3.61. The Morgan fingerprint density at radius 1 is 1.33 bits per heavy atom. The highest BCUT2D eigenvalue weighted by Gasteiger charge is 2.25. The van der Waals surface area contributed by atoms with Crippen LogP contribution in [0.3, 0.4) is 0 Å². The van der Waals surface area contributed by atoms with Crippen molar-refractivity contribution in [2.75, 3.05) is 0 Å². The molecule has 8 nitrogen and oxygen atoms in total. The number of aromatic nitrogens is 5. The Balaban J connectivity index is 1.93. The molecule has 0 fully saturated rings. The lowest BCUT2D eigenvalue weighted by Gasteiger charge is -2.06. The Hall–Kier alpha value is -1.96. The van der Waals surface area contributed by atoms with Crippen LogP contribution in [0.25, 0.3) is 0 Å². The third kappa shape index (κ3) is 2.51. The number of halogens is 1. The summed E-state index contributed by atoms with van der Waals surface area (Å²) in [5.41, 5.74) is 0.564. The molecule has 0 amide bonds. The molecule has 0 spiro atoms. The Bertz CT molecular complexity index is 692. The molecule has 2 aromatic rings. The molecule has 0 bridgehead atoms. The number of rotatable bonds is 3. The smallest absolute Gasteiger partial charge is 0.358 e. The highest BCUT2D eigenvalue weighted by molar-refractivity contribution is 6.33. The lowest BCUT2D eigenvalue weighted by molar-refractivity contribution is -0.389. The van der Waals surface area contributed by atoms with E-state index in [-0.39, 0.29) is 10.8 Å². The monoisotopic (exact) mass is 310 g/mol. The van der Waals surface area contributed by atoms with Crippen molar-refractivity contribution in [3.63, 3.8) is 0 Å². The molecule has 0 aromatic carbocycles. The lowest BCUT2D eigenvalue weighted by atomic mass is 10.2. The van der Waals surface area contributed by atoms with E-state index < -0.39 is 4.92 Å². The molecule has 0 saturated heterocycles. The van der Waals surface area contributed by atoms with Gasteiger partial charge in [0.25, 0.3) is 0 Å². The van der Waals surface area contributed by atoms with Crippen LogP contribution in [0, 0.1) is 17.0 Å². The van der Waals surface area contributed by atoms with Crippen molar-refractivity contribution in [1.82, 2.24) is 24.5 Å². The number of nitro groups is 1. The maximum Gasteiger partial charge on any atom is 0.408 e. The number of hydrogen-bond donors (Lipinski definition) is 0. The van der Waals surface area contributed by atoms with Gasteiger partial charge in [-0.2, -0.15) is 4.68 Å². The Labute approximate surface area is 125 Å². The summed E-state index contributed by atoms with van der Waals surface area (Å²) in [5, 5.41) is 23.3. The molecule has 21 heavy (non-hydrogen) atoms. The summed E-state index contributed by atoms with van der Waals surface area (Å²) in [5.74, 6) is 1.43. The summed E-state index contributed by atoms with van der Waals surface area (Å²) in [6.07, 6.45) is 4.32. The minimum Gasteiger partial charge on any atom is -0.358 e. The summed E-state index contributed by atoms with van der Waals surface area (Å²) >= 11 is 5.95. The van der Waals surface area contributed by atoms with Crippen LogP contribution >= 0.6 is 11.6 Å². The van der Waals surface area contributed by atoms with Crippen molar-refractivity contribution in [3.05, 3.63) is 32.5 Å². The molecule has 3 heterocycles. The van der Waals surface area contributed by atoms with Crippen LogP contribution in [0.1, 0.15) is 36.6 Å². The Morgan fingerprint density at radius 2 is 2.14 bits per heavy atom. The third-order valence-corrected chi connectivity index (χ3v) is 4.21. The van der Waals surface area contributed by atoms with E-state index in [2.05, 4.69) is 19.9 Å². The molecule has 1 aliphatic rings. The van der Waals surface area contributed by atoms with Gasteiger partial charge < -0.3 is 14.7 Å². The first-order valence-corrected chi connectivity index (χ1v) is 7.24. The molecule has 0 saturated carbocycles. The summed E-state index contributed by atoms with van der Waals surface area (Å²) in [6, 6.07) is 0. The topological polar surface area (TPSA) is 91.7 Å². The van der Waals surface area contributed by atoms with Crippen molar-refractivity contribution in [3.8, 4) is 0 Å². The van der Waals surface area contributed by atoms with Crippen molar-refractivity contribution in [2.45, 2.75) is 45.7 Å². The van der Waals surface area contributed by atoms with E-state index in [9.17, 15) is 10.1 Å². The quantitative estimate of drug-likeness (QED) is 0.639. The predicted octanol–water partition coefficient (Wildman–Crippen LogP) is 2.12. The number of fused-ring (bicyclic) bond motifs is 1. The average molecular weight is 311 g/mol. The number of aryl methyl sites for hydroxylation is 1. The Morgan fingerprint density at radius 3 is 2.86 bits per heavy atom. The average Bonchev–Trinajstić information content (AvgIpc) is 2.85. The van der Waals surface area contributed by atoms with E-state index in [0.717, 1.165) is 37.5 Å². The third-order valence-electron chi connectivity index (χ3n) is 3.77. The second kappa shape index (κ2) is 5.44. The fourth-order valence-electron chi connectivity index (χ4n) is 2.58. The Kier molecular flexibility index (Phi) is 3.62. The minimum absolute atomic E-state index is 0.0793. The zero-order chi connectivity index (χ0) is 15.0. The first-order chi connectivity index (χ1) is 10.1. The fourth-order valence-corrected chi connectivity index (χ4v) is 2.78. The molecule has 0 N–H and O–H groups in total. The van der Waals surface area contributed by atoms with Crippen molar-refractivity contribution < 1.29 is 4.92 Å². The normalized spacial score (nSPS) is 14.8. The largest absolute Gasteiger partial charge is 0.408 e. The highest BCUT2D eigenvalue weighted by Crippen LogP contribution is 2.27. The van der Waals surface area contributed by atoms with Gasteiger partial charge in [-0.1, -0.05) is 18.0 Å². The van der Waals surface area contributed by atoms with Gasteiger partial charge in [-0.05, 0) is 24.7 Å². The van der Waals surface area contributed by atoms with Gasteiger partial charge in [-0.25, -0.2) is 0 Å². The van der Waals surface area contributed by atoms with Gasteiger partial charge in [0.1, 0.15) is 12.4 Å². The van der Waals surface area contributed by atoms with Crippen molar-refractivity contribution in [2.24, 2.45) is 0 Å². The van der Waals surface area contributed by atoms with Crippen LogP contribution in [-0.4, -0.2) is 29.5 Å². The second-order valence-corrected chi connectivity index (χ2v) is 5.51. The predicted molar refractivity (Wildman–Crippen MR) is 75.3 cm³/mol. The summed E-state index contributed by atoms with van der Waals surface area (Å²) in [7, 11) is 0. The highest BCUT2D eigenvalue weighted by atomic mass is 35.5. The first kappa shape index (κ1) is 14.0. The SMILES string of the molecule is Cc1c(Cl)c([N+](=O)[O-])nn1Cc1nnc2n1CCCCC2. The van der Waals surface area contributed by atoms with Gasteiger partial charge in [0, 0.05) is 13.0 Å². The van der Waals surface area contributed by atoms with Gasteiger partial charge in [0.05, 0.1) is 10.8 Å². The van der Waals surface area contributed by atoms with E-state index in [1.807, 2.05) is 0 Å². The number of nitrogens with zero attached hydrogens (tertiary/aromatic N) is 6. The van der Waals surface area contributed by atoms with E-state index in [1.54, 1.807) is 6.92 Å². The minimum atomic E-state index is -0.573. The van der Waals surface area contributed by atoms with Crippen LogP contribution in [0.4, 0.5) is 5.82 Å². The molecule has 9 heteroatoms. The molecule has 0 radical (unpaired) electrons.